The summed E-state index contributed by atoms with van der Waals surface area (Å²) < 4.78 is 4.79. The summed E-state index contributed by atoms with van der Waals surface area (Å²) in [7, 11) is 1.47. The first-order valence-electron chi connectivity index (χ1n) is 5.32. The molecule has 1 unspecified atom stereocenters. The van der Waals surface area contributed by atoms with Gasteiger partial charge in [0.25, 0.3) is 5.91 Å². The molecule has 1 aromatic carbocycles. The zero-order valence-electron chi connectivity index (χ0n) is 9.85. The molecule has 0 aliphatic heterocycles. The van der Waals surface area contributed by atoms with Gasteiger partial charge in [0, 0.05) is 30.7 Å². The monoisotopic (exact) mass is 271 g/mol. The summed E-state index contributed by atoms with van der Waals surface area (Å²) in [6.45, 7) is 0.262. The van der Waals surface area contributed by atoms with Gasteiger partial charge in [-0.2, -0.15) is 0 Å². The first-order valence-corrected chi connectivity index (χ1v) is 5.70. The Kier molecular flexibility index (Phi) is 5.61. The maximum atomic E-state index is 11.8. The Hall–Kier alpha value is -1.59. The van der Waals surface area contributed by atoms with Gasteiger partial charge >= 0.3 is 5.97 Å². The fourth-order valence-electron chi connectivity index (χ4n) is 1.34. The average Bonchev–Trinajstić information content (AvgIpc) is 2.34. The fourth-order valence-corrected chi connectivity index (χ4v) is 1.46. The number of carboxylic acids is 1. The molecule has 0 saturated heterocycles. The molecule has 1 rings (SSSR count). The lowest BCUT2D eigenvalue weighted by Gasteiger charge is -2.13. The molecule has 0 fully saturated rings. The Balaban J connectivity index is 2.66. The van der Waals surface area contributed by atoms with Crippen LogP contribution in [0.1, 0.15) is 16.8 Å². The quantitative estimate of drug-likeness (QED) is 0.823. The van der Waals surface area contributed by atoms with Gasteiger partial charge in [-0.1, -0.05) is 11.6 Å². The van der Waals surface area contributed by atoms with Crippen molar-refractivity contribution in [2.75, 3.05) is 13.7 Å². The molecule has 1 atom stereocenters. The fraction of sp³-hybridized carbons (Fsp3) is 0.333. The third kappa shape index (κ3) is 4.35. The topological polar surface area (TPSA) is 75.6 Å². The number of amides is 1. The third-order valence-electron chi connectivity index (χ3n) is 2.32. The van der Waals surface area contributed by atoms with Gasteiger partial charge in [-0.15, -0.1) is 0 Å². The highest BCUT2D eigenvalue weighted by atomic mass is 35.5. The van der Waals surface area contributed by atoms with E-state index in [1.54, 1.807) is 12.1 Å². The second kappa shape index (κ2) is 6.98. The Morgan fingerprint density at radius 2 is 2.00 bits per heavy atom. The lowest BCUT2D eigenvalue weighted by molar-refractivity contribution is -0.139. The predicted molar refractivity (Wildman–Crippen MR) is 66.8 cm³/mol. The summed E-state index contributed by atoms with van der Waals surface area (Å²) in [6.07, 6.45) is 0.213. The van der Waals surface area contributed by atoms with E-state index in [0.717, 1.165) is 0 Å². The van der Waals surface area contributed by atoms with E-state index in [1.165, 1.54) is 19.2 Å². The van der Waals surface area contributed by atoms with Crippen molar-refractivity contribution >= 4 is 23.5 Å². The summed E-state index contributed by atoms with van der Waals surface area (Å²) in [5.74, 6) is -1.54. The van der Waals surface area contributed by atoms with Gasteiger partial charge in [-0.25, -0.2) is 4.79 Å². The van der Waals surface area contributed by atoms with Crippen molar-refractivity contribution < 1.29 is 19.4 Å². The number of halogens is 1. The van der Waals surface area contributed by atoms with Crippen LogP contribution in [0, 0.1) is 0 Å². The molecule has 1 amide bonds. The van der Waals surface area contributed by atoms with Crippen LogP contribution in [0.3, 0.4) is 0 Å². The summed E-state index contributed by atoms with van der Waals surface area (Å²) in [5.41, 5.74) is 0.364. The molecule has 2 N–H and O–H groups in total. The molecule has 0 saturated carbocycles. The van der Waals surface area contributed by atoms with Gasteiger partial charge in [-0.05, 0) is 24.3 Å². The number of carbonyl (C=O) groups is 2. The second-order valence-corrected chi connectivity index (χ2v) is 4.09. The SMILES string of the molecule is COCCC(NC(=O)c1ccc(Cl)cc1)C(=O)O. The predicted octanol–water partition coefficient (Wildman–Crippen LogP) is 1.56. The van der Waals surface area contributed by atoms with Crippen molar-refractivity contribution in [2.45, 2.75) is 12.5 Å². The number of carboxylic acid groups (broad SMARTS) is 1. The van der Waals surface area contributed by atoms with Crippen molar-refractivity contribution in [3.05, 3.63) is 34.9 Å². The van der Waals surface area contributed by atoms with E-state index in [-0.39, 0.29) is 13.0 Å². The number of benzene rings is 1. The second-order valence-electron chi connectivity index (χ2n) is 3.65. The van der Waals surface area contributed by atoms with Crippen molar-refractivity contribution in [2.24, 2.45) is 0 Å². The van der Waals surface area contributed by atoms with Crippen LogP contribution in [-0.4, -0.2) is 36.7 Å². The van der Waals surface area contributed by atoms with Gasteiger partial charge in [0.05, 0.1) is 0 Å². The first kappa shape index (κ1) is 14.5. The molecule has 98 valence electrons. The minimum absolute atomic E-state index is 0.213. The third-order valence-corrected chi connectivity index (χ3v) is 2.57. The Morgan fingerprint density at radius 1 is 1.39 bits per heavy atom. The number of nitrogens with one attached hydrogen (secondary N) is 1. The van der Waals surface area contributed by atoms with Crippen LogP contribution in [0.2, 0.25) is 5.02 Å². The van der Waals surface area contributed by atoms with Crippen molar-refractivity contribution in [1.82, 2.24) is 5.32 Å². The zero-order valence-corrected chi connectivity index (χ0v) is 10.6. The van der Waals surface area contributed by atoms with Crippen LogP contribution in [0.25, 0.3) is 0 Å². The number of hydrogen-bond donors (Lipinski definition) is 2. The highest BCUT2D eigenvalue weighted by Gasteiger charge is 2.20. The van der Waals surface area contributed by atoms with E-state index in [9.17, 15) is 9.59 Å². The van der Waals surface area contributed by atoms with Crippen molar-refractivity contribution in [1.29, 1.82) is 0 Å². The smallest absolute Gasteiger partial charge is 0.326 e. The molecule has 0 aliphatic rings. The molecule has 0 radical (unpaired) electrons. The Morgan fingerprint density at radius 3 is 2.50 bits per heavy atom. The molecule has 0 aliphatic carbocycles. The molecule has 0 aromatic heterocycles. The Bertz CT molecular complexity index is 419. The van der Waals surface area contributed by atoms with Crippen LogP contribution < -0.4 is 5.32 Å². The van der Waals surface area contributed by atoms with Gasteiger partial charge < -0.3 is 15.2 Å². The summed E-state index contributed by atoms with van der Waals surface area (Å²) in [6, 6.07) is 5.25. The van der Waals surface area contributed by atoms with Gasteiger partial charge in [0.1, 0.15) is 6.04 Å². The molecule has 0 heterocycles. The maximum Gasteiger partial charge on any atom is 0.326 e. The molecule has 0 spiro atoms. The summed E-state index contributed by atoms with van der Waals surface area (Å²) in [4.78, 5) is 22.7. The van der Waals surface area contributed by atoms with E-state index in [2.05, 4.69) is 5.32 Å². The summed E-state index contributed by atoms with van der Waals surface area (Å²) in [5, 5.41) is 11.9. The number of carbonyl (C=O) groups excluding carboxylic acids is 1. The van der Waals surface area contributed by atoms with Gasteiger partial charge in [0.15, 0.2) is 0 Å². The minimum atomic E-state index is -1.09. The first-order chi connectivity index (χ1) is 8.54. The summed E-state index contributed by atoms with van der Waals surface area (Å²) >= 11 is 5.70. The maximum absolute atomic E-state index is 11.8. The number of rotatable bonds is 6. The van der Waals surface area contributed by atoms with E-state index in [4.69, 9.17) is 21.4 Å². The normalized spacial score (nSPS) is 11.9. The van der Waals surface area contributed by atoms with Gasteiger partial charge in [-0.3, -0.25) is 4.79 Å². The highest BCUT2D eigenvalue weighted by Crippen LogP contribution is 2.09. The van der Waals surface area contributed by atoms with Crippen LogP contribution in [-0.2, 0) is 9.53 Å². The van der Waals surface area contributed by atoms with Crippen molar-refractivity contribution in [3.63, 3.8) is 0 Å². The van der Waals surface area contributed by atoms with Crippen LogP contribution in [0.4, 0.5) is 0 Å². The number of ether oxygens (including phenoxy) is 1. The number of hydrogen-bond acceptors (Lipinski definition) is 3. The van der Waals surface area contributed by atoms with Crippen molar-refractivity contribution in [3.8, 4) is 0 Å². The molecular formula is C12H14ClNO4. The van der Waals surface area contributed by atoms with E-state index in [0.29, 0.717) is 10.6 Å². The highest BCUT2D eigenvalue weighted by molar-refractivity contribution is 6.30. The Labute approximate surface area is 110 Å². The van der Waals surface area contributed by atoms with Gasteiger partial charge in [0.2, 0.25) is 0 Å². The van der Waals surface area contributed by atoms with E-state index >= 15 is 0 Å². The zero-order chi connectivity index (χ0) is 13.5. The van der Waals surface area contributed by atoms with E-state index < -0.39 is 17.9 Å². The number of methoxy groups -OCH3 is 1. The van der Waals surface area contributed by atoms with Crippen LogP contribution >= 0.6 is 11.6 Å². The molecule has 6 heteroatoms. The average molecular weight is 272 g/mol. The molecule has 18 heavy (non-hydrogen) atoms. The van der Waals surface area contributed by atoms with E-state index in [1.807, 2.05) is 0 Å². The standard InChI is InChI=1S/C12H14ClNO4/c1-18-7-6-10(12(16)17)14-11(15)8-2-4-9(13)5-3-8/h2-5,10H,6-7H2,1H3,(H,14,15)(H,16,17). The lowest BCUT2D eigenvalue weighted by Crippen LogP contribution is -2.41. The molecule has 1 aromatic rings. The molecule has 0 bridgehead atoms. The molecule has 5 nitrogen and oxygen atoms in total. The van der Waals surface area contributed by atoms with Crippen LogP contribution in [0.15, 0.2) is 24.3 Å². The lowest BCUT2D eigenvalue weighted by atomic mass is 10.1. The number of aliphatic carboxylic acids is 1. The minimum Gasteiger partial charge on any atom is -0.480 e. The largest absolute Gasteiger partial charge is 0.480 e. The molecular weight excluding hydrogens is 258 g/mol. The van der Waals surface area contributed by atoms with Crippen LogP contribution in [0.5, 0.6) is 0 Å².